The monoisotopic (exact) mass is 346 g/mol. The molecule has 0 unspecified atom stereocenters. The van der Waals surface area contributed by atoms with Crippen molar-refractivity contribution in [1.29, 1.82) is 0 Å². The molecule has 0 atom stereocenters. The second-order valence-electron chi connectivity index (χ2n) is 6.21. The third kappa shape index (κ3) is 2.49. The van der Waals surface area contributed by atoms with Gasteiger partial charge in [0.1, 0.15) is 11.3 Å². The largest absolute Gasteiger partial charge is 0.461 e. The number of carbonyl (C=O) groups excluding carboxylic acids is 1. The maximum absolute atomic E-state index is 13.2. The van der Waals surface area contributed by atoms with Gasteiger partial charge in [-0.1, -0.05) is 42.0 Å². The van der Waals surface area contributed by atoms with Gasteiger partial charge in [0.2, 0.25) is 0 Å². The van der Waals surface area contributed by atoms with Gasteiger partial charge in [0, 0.05) is 10.9 Å². The number of ether oxygens (including phenoxy) is 1. The minimum Gasteiger partial charge on any atom is -0.461 e. The molecule has 5 nitrogen and oxygen atoms in total. The summed E-state index contributed by atoms with van der Waals surface area (Å²) in [5, 5.41) is 1.05. The Morgan fingerprint density at radius 1 is 1.04 bits per heavy atom. The summed E-state index contributed by atoms with van der Waals surface area (Å²) >= 11 is 0. The number of para-hydroxylation sites is 1. The van der Waals surface area contributed by atoms with Crippen molar-refractivity contribution in [2.75, 3.05) is 6.61 Å². The zero-order valence-corrected chi connectivity index (χ0v) is 14.6. The molecular weight excluding hydrogens is 328 g/mol. The van der Waals surface area contributed by atoms with Crippen LogP contribution in [0.2, 0.25) is 0 Å². The molecule has 2 aromatic heterocycles. The number of H-pyrrole nitrogens is 2. The minimum absolute atomic E-state index is 0.114. The molecule has 0 radical (unpaired) electrons. The van der Waals surface area contributed by atoms with Gasteiger partial charge in [-0.15, -0.1) is 0 Å². The predicted octanol–water partition coefficient (Wildman–Crippen LogP) is 4.16. The molecule has 2 N–H and O–H groups in total. The normalized spacial score (nSPS) is 11.2. The second kappa shape index (κ2) is 6.19. The van der Waals surface area contributed by atoms with E-state index >= 15 is 0 Å². The van der Waals surface area contributed by atoms with Crippen LogP contribution in [0.1, 0.15) is 23.0 Å². The first-order chi connectivity index (χ1) is 12.6. The SMILES string of the molecule is CCOC(=O)c1[nH]c2[nH]c3ccccc3c(=O)c2c1-c1ccc(C)cc1. The fraction of sp³-hybridized carbons (Fsp3) is 0.143. The summed E-state index contributed by atoms with van der Waals surface area (Å²) < 4.78 is 5.19. The van der Waals surface area contributed by atoms with Crippen LogP contribution in [0.15, 0.2) is 53.3 Å². The van der Waals surface area contributed by atoms with Crippen molar-refractivity contribution in [3.05, 3.63) is 70.0 Å². The van der Waals surface area contributed by atoms with Crippen molar-refractivity contribution >= 4 is 27.9 Å². The molecule has 2 aromatic carbocycles. The molecule has 0 fully saturated rings. The van der Waals surface area contributed by atoms with E-state index in [0.717, 1.165) is 16.6 Å². The molecular formula is C21H18N2O3. The number of nitrogens with one attached hydrogen (secondary N) is 2. The number of aromatic nitrogens is 2. The number of fused-ring (bicyclic) bond motifs is 2. The summed E-state index contributed by atoms with van der Waals surface area (Å²) in [5.41, 5.74) is 3.89. The number of rotatable bonds is 3. The van der Waals surface area contributed by atoms with Crippen LogP contribution < -0.4 is 5.43 Å². The zero-order chi connectivity index (χ0) is 18.3. The number of aromatic amines is 2. The average Bonchev–Trinajstić information content (AvgIpc) is 3.02. The molecule has 0 aliphatic rings. The average molecular weight is 346 g/mol. The Morgan fingerprint density at radius 2 is 1.77 bits per heavy atom. The van der Waals surface area contributed by atoms with E-state index in [2.05, 4.69) is 9.97 Å². The highest BCUT2D eigenvalue weighted by atomic mass is 16.5. The number of hydrogen-bond donors (Lipinski definition) is 2. The first-order valence-electron chi connectivity index (χ1n) is 8.51. The van der Waals surface area contributed by atoms with E-state index in [-0.39, 0.29) is 17.7 Å². The number of esters is 1. The Balaban J connectivity index is 2.12. The van der Waals surface area contributed by atoms with Crippen molar-refractivity contribution in [3.8, 4) is 11.1 Å². The molecule has 5 heteroatoms. The van der Waals surface area contributed by atoms with Gasteiger partial charge in [-0.25, -0.2) is 4.79 Å². The van der Waals surface area contributed by atoms with E-state index < -0.39 is 5.97 Å². The Labute approximate surface area is 149 Å². The molecule has 0 spiro atoms. The van der Waals surface area contributed by atoms with Crippen molar-refractivity contribution in [2.45, 2.75) is 13.8 Å². The summed E-state index contributed by atoms with van der Waals surface area (Å²) in [6.45, 7) is 4.01. The standard InChI is InChI=1S/C21H18N2O3/c1-3-26-21(25)18-16(13-10-8-12(2)9-11-13)17-19(24)14-6-4-5-7-15(14)22-20(17)23-18/h4-11H,3H2,1-2H3,(H2,22,23,24). The number of hydrogen-bond acceptors (Lipinski definition) is 3. The van der Waals surface area contributed by atoms with E-state index in [0.29, 0.717) is 22.0 Å². The fourth-order valence-corrected chi connectivity index (χ4v) is 3.25. The molecule has 130 valence electrons. The number of benzene rings is 2. The van der Waals surface area contributed by atoms with Gasteiger partial charge >= 0.3 is 5.97 Å². The van der Waals surface area contributed by atoms with Gasteiger partial charge in [0.25, 0.3) is 0 Å². The van der Waals surface area contributed by atoms with Crippen molar-refractivity contribution in [3.63, 3.8) is 0 Å². The Hall–Kier alpha value is -3.34. The van der Waals surface area contributed by atoms with Crippen LogP contribution in [0, 0.1) is 6.92 Å². The summed E-state index contributed by atoms with van der Waals surface area (Å²) in [6.07, 6.45) is 0. The third-order valence-electron chi connectivity index (χ3n) is 4.48. The molecule has 0 aliphatic heterocycles. The van der Waals surface area contributed by atoms with E-state index in [4.69, 9.17) is 4.74 Å². The second-order valence-corrected chi connectivity index (χ2v) is 6.21. The lowest BCUT2D eigenvalue weighted by atomic mass is 10.00. The molecule has 26 heavy (non-hydrogen) atoms. The van der Waals surface area contributed by atoms with Crippen molar-refractivity contribution in [1.82, 2.24) is 9.97 Å². The molecule has 4 aromatic rings. The van der Waals surface area contributed by atoms with Gasteiger partial charge in [-0.2, -0.15) is 0 Å². The van der Waals surface area contributed by atoms with Crippen LogP contribution in [0.25, 0.3) is 33.1 Å². The maximum atomic E-state index is 13.2. The van der Waals surface area contributed by atoms with Crippen molar-refractivity contribution in [2.24, 2.45) is 0 Å². The van der Waals surface area contributed by atoms with Crippen LogP contribution in [0.4, 0.5) is 0 Å². The van der Waals surface area contributed by atoms with E-state index in [1.165, 1.54) is 0 Å². The van der Waals surface area contributed by atoms with Crippen molar-refractivity contribution < 1.29 is 9.53 Å². The molecule has 0 saturated carbocycles. The Morgan fingerprint density at radius 3 is 2.50 bits per heavy atom. The van der Waals surface area contributed by atoms with Crippen LogP contribution >= 0.6 is 0 Å². The van der Waals surface area contributed by atoms with E-state index in [1.807, 2.05) is 49.4 Å². The van der Waals surface area contributed by atoms with Gasteiger partial charge in [0.15, 0.2) is 5.43 Å². The van der Waals surface area contributed by atoms with Crippen LogP contribution in [0.3, 0.4) is 0 Å². The number of aryl methyl sites for hydroxylation is 1. The summed E-state index contributed by atoms with van der Waals surface area (Å²) in [4.78, 5) is 32.0. The quantitative estimate of drug-likeness (QED) is 0.547. The Kier molecular flexibility index (Phi) is 3.84. The van der Waals surface area contributed by atoms with Gasteiger partial charge in [0.05, 0.1) is 17.5 Å². The van der Waals surface area contributed by atoms with Gasteiger partial charge < -0.3 is 14.7 Å². The zero-order valence-electron chi connectivity index (χ0n) is 14.6. The lowest BCUT2D eigenvalue weighted by molar-refractivity contribution is 0.0521. The van der Waals surface area contributed by atoms with E-state index in [1.54, 1.807) is 13.0 Å². The van der Waals surface area contributed by atoms with Crippen LogP contribution in [-0.4, -0.2) is 22.5 Å². The third-order valence-corrected chi connectivity index (χ3v) is 4.48. The summed E-state index contributed by atoms with van der Waals surface area (Å²) in [6, 6.07) is 15.0. The van der Waals surface area contributed by atoms with Gasteiger partial charge in [-0.05, 0) is 31.5 Å². The highest BCUT2D eigenvalue weighted by Gasteiger charge is 2.23. The first kappa shape index (κ1) is 16.1. The smallest absolute Gasteiger partial charge is 0.355 e. The molecule has 2 heterocycles. The Bertz CT molecular complexity index is 1180. The lowest BCUT2D eigenvalue weighted by Crippen LogP contribution is -2.07. The fourth-order valence-electron chi connectivity index (χ4n) is 3.25. The van der Waals surface area contributed by atoms with Gasteiger partial charge in [-0.3, -0.25) is 4.79 Å². The van der Waals surface area contributed by atoms with E-state index in [9.17, 15) is 9.59 Å². The number of pyridine rings is 1. The minimum atomic E-state index is -0.476. The molecule has 0 bridgehead atoms. The van der Waals surface area contributed by atoms with Crippen LogP contribution in [0.5, 0.6) is 0 Å². The summed E-state index contributed by atoms with van der Waals surface area (Å²) in [7, 11) is 0. The summed E-state index contributed by atoms with van der Waals surface area (Å²) in [5.74, 6) is -0.476. The lowest BCUT2D eigenvalue weighted by Gasteiger charge is -2.05. The molecule has 4 rings (SSSR count). The molecule has 0 aliphatic carbocycles. The predicted molar refractivity (Wildman–Crippen MR) is 103 cm³/mol. The number of carbonyl (C=O) groups is 1. The molecule has 0 saturated heterocycles. The first-order valence-corrected chi connectivity index (χ1v) is 8.51. The highest BCUT2D eigenvalue weighted by Crippen LogP contribution is 2.31. The molecule has 0 amide bonds. The maximum Gasteiger partial charge on any atom is 0.355 e. The topological polar surface area (TPSA) is 75.0 Å². The van der Waals surface area contributed by atoms with Crippen LogP contribution in [-0.2, 0) is 4.74 Å². The highest BCUT2D eigenvalue weighted by molar-refractivity contribution is 6.09.